The topological polar surface area (TPSA) is 51.2 Å². The first-order chi connectivity index (χ1) is 9.84. The number of methoxy groups -OCH3 is 1. The van der Waals surface area contributed by atoms with Crippen molar-refractivity contribution in [3.8, 4) is 0 Å². The van der Waals surface area contributed by atoms with Crippen molar-refractivity contribution < 1.29 is 18.3 Å². The maximum Gasteiger partial charge on any atom is 0.341 e. The quantitative estimate of drug-likeness (QED) is 0.625. The second-order valence-electron chi connectivity index (χ2n) is 4.92. The van der Waals surface area contributed by atoms with Crippen LogP contribution in [0.4, 0.5) is 14.5 Å². The van der Waals surface area contributed by atoms with Gasteiger partial charge in [0.2, 0.25) is 5.92 Å². The number of carbonyl (C=O) groups excluding carboxylic acids is 1. The molecule has 0 radical (unpaired) electrons. The highest BCUT2D eigenvalue weighted by Gasteiger charge is 2.35. The van der Waals surface area contributed by atoms with E-state index in [1.54, 1.807) is 0 Å². The zero-order valence-electron chi connectivity index (χ0n) is 11.3. The Morgan fingerprint density at radius 2 is 2.14 bits per heavy atom. The molecule has 4 nitrogen and oxygen atoms in total. The number of ether oxygens (including phenoxy) is 1. The zero-order chi connectivity index (χ0) is 15.6. The molecule has 1 aliphatic carbocycles. The van der Waals surface area contributed by atoms with Crippen LogP contribution in [0, 0.1) is 0 Å². The first kappa shape index (κ1) is 16.4. The Labute approximate surface area is 134 Å². The highest BCUT2D eigenvalue weighted by Crippen LogP contribution is 2.37. The molecule has 0 bridgehead atoms. The Kier molecular flexibility index (Phi) is 5.03. The van der Waals surface area contributed by atoms with E-state index >= 15 is 0 Å². The number of pyridine rings is 1. The summed E-state index contributed by atoms with van der Waals surface area (Å²) in [5.74, 6) is -3.17. The summed E-state index contributed by atoms with van der Waals surface area (Å²) in [5, 5.41) is 3.29. The Bertz CT molecular complexity index is 547. The molecular weight excluding hydrogens is 370 g/mol. The van der Waals surface area contributed by atoms with Crippen molar-refractivity contribution in [1.29, 1.82) is 0 Å². The summed E-state index contributed by atoms with van der Waals surface area (Å²) >= 11 is 9.19. The van der Waals surface area contributed by atoms with Crippen LogP contribution in [0.1, 0.15) is 36.0 Å². The monoisotopic (exact) mass is 382 g/mol. The fraction of sp³-hybridized carbons (Fsp3) is 0.538. The van der Waals surface area contributed by atoms with Gasteiger partial charge in [-0.2, -0.15) is 0 Å². The van der Waals surface area contributed by atoms with Gasteiger partial charge in [-0.1, -0.05) is 11.6 Å². The summed E-state index contributed by atoms with van der Waals surface area (Å²) < 4.78 is 31.5. The molecule has 1 fully saturated rings. The molecule has 0 aliphatic heterocycles. The van der Waals surface area contributed by atoms with Crippen LogP contribution in [0.2, 0.25) is 5.15 Å². The van der Waals surface area contributed by atoms with Crippen molar-refractivity contribution in [3.05, 3.63) is 21.4 Å². The number of nitrogens with one attached hydrogen (secondary N) is 1. The molecule has 21 heavy (non-hydrogen) atoms. The van der Waals surface area contributed by atoms with Crippen molar-refractivity contribution in [2.45, 2.75) is 37.6 Å². The number of halogens is 4. The molecule has 1 aromatic rings. The van der Waals surface area contributed by atoms with E-state index in [0.717, 1.165) is 0 Å². The van der Waals surface area contributed by atoms with Crippen molar-refractivity contribution in [2.75, 3.05) is 12.4 Å². The van der Waals surface area contributed by atoms with Gasteiger partial charge in [0.1, 0.15) is 10.7 Å². The molecule has 8 heteroatoms. The second-order valence-corrected chi connectivity index (χ2v) is 6.07. The van der Waals surface area contributed by atoms with Crippen LogP contribution < -0.4 is 5.32 Å². The van der Waals surface area contributed by atoms with Gasteiger partial charge in [-0.05, 0) is 28.8 Å². The lowest BCUT2D eigenvalue weighted by atomic mass is 9.92. The molecule has 0 saturated heterocycles. The number of nitrogens with zero attached hydrogens (tertiary/aromatic N) is 1. The third-order valence-electron chi connectivity index (χ3n) is 3.45. The van der Waals surface area contributed by atoms with Gasteiger partial charge in [0.15, 0.2) is 0 Å². The standard InChI is InChI=1S/C13H14BrClF2N2O2/c1-21-12(20)8-6-18-11(15)9(14)10(8)19-7-2-4-13(16,17)5-3-7/h6-7H,2-5H2,1H3,(H,18,19). The Hall–Kier alpha value is -0.950. The summed E-state index contributed by atoms with van der Waals surface area (Å²) in [4.78, 5) is 15.6. The van der Waals surface area contributed by atoms with Crippen molar-refractivity contribution >= 4 is 39.2 Å². The summed E-state index contributed by atoms with van der Waals surface area (Å²) in [6.07, 6.45) is 1.60. The third-order valence-corrected chi connectivity index (χ3v) is 4.73. The van der Waals surface area contributed by atoms with Gasteiger partial charge in [0.05, 0.1) is 17.3 Å². The molecule has 0 aromatic carbocycles. The van der Waals surface area contributed by atoms with Crippen LogP contribution in [0.5, 0.6) is 0 Å². The third kappa shape index (κ3) is 3.83. The van der Waals surface area contributed by atoms with Crippen LogP contribution in [0.3, 0.4) is 0 Å². The molecule has 1 aliphatic rings. The van der Waals surface area contributed by atoms with Gasteiger partial charge < -0.3 is 10.1 Å². The van der Waals surface area contributed by atoms with E-state index < -0.39 is 11.9 Å². The van der Waals surface area contributed by atoms with Crippen molar-refractivity contribution in [3.63, 3.8) is 0 Å². The van der Waals surface area contributed by atoms with Gasteiger partial charge >= 0.3 is 5.97 Å². The predicted molar refractivity (Wildman–Crippen MR) is 79.1 cm³/mol. The number of esters is 1. The largest absolute Gasteiger partial charge is 0.465 e. The van der Waals surface area contributed by atoms with Gasteiger partial charge in [-0.3, -0.25) is 0 Å². The number of rotatable bonds is 3. The molecule has 0 amide bonds. The van der Waals surface area contributed by atoms with E-state index in [0.29, 0.717) is 23.0 Å². The number of carbonyl (C=O) groups is 1. The summed E-state index contributed by atoms with van der Waals surface area (Å²) in [6.45, 7) is 0. The molecular formula is C13H14BrClF2N2O2. The minimum absolute atomic E-state index is 0.150. The van der Waals surface area contributed by atoms with E-state index in [2.05, 4.69) is 26.2 Å². The Balaban J connectivity index is 2.23. The Morgan fingerprint density at radius 3 is 2.71 bits per heavy atom. The minimum atomic E-state index is -2.60. The molecule has 1 heterocycles. The van der Waals surface area contributed by atoms with Gasteiger partial charge in [-0.25, -0.2) is 18.6 Å². The van der Waals surface area contributed by atoms with Crippen LogP contribution in [-0.4, -0.2) is 30.0 Å². The number of anilines is 1. The summed E-state index contributed by atoms with van der Waals surface area (Å²) in [5.41, 5.74) is 0.642. The Morgan fingerprint density at radius 1 is 1.52 bits per heavy atom. The van der Waals surface area contributed by atoms with E-state index in [9.17, 15) is 13.6 Å². The second kappa shape index (κ2) is 6.44. The van der Waals surface area contributed by atoms with Crippen molar-refractivity contribution in [2.24, 2.45) is 0 Å². The molecule has 1 aromatic heterocycles. The fourth-order valence-electron chi connectivity index (χ4n) is 2.26. The predicted octanol–water partition coefficient (Wildman–Crippen LogP) is 4.27. The number of aromatic nitrogens is 1. The number of hydrogen-bond acceptors (Lipinski definition) is 4. The first-order valence-electron chi connectivity index (χ1n) is 6.41. The molecule has 0 unspecified atom stereocenters. The fourth-order valence-corrected chi connectivity index (χ4v) is 2.83. The lowest BCUT2D eigenvalue weighted by molar-refractivity contribution is -0.0361. The highest BCUT2D eigenvalue weighted by molar-refractivity contribution is 9.10. The minimum Gasteiger partial charge on any atom is -0.465 e. The van der Waals surface area contributed by atoms with Crippen LogP contribution in [0.25, 0.3) is 0 Å². The molecule has 116 valence electrons. The maximum absolute atomic E-state index is 13.2. The molecule has 1 saturated carbocycles. The number of hydrogen-bond donors (Lipinski definition) is 1. The van der Waals surface area contributed by atoms with E-state index in [-0.39, 0.29) is 29.6 Å². The average Bonchev–Trinajstić information content (AvgIpc) is 2.45. The normalized spacial score (nSPS) is 18.3. The lowest BCUT2D eigenvalue weighted by Gasteiger charge is -2.30. The molecule has 2 rings (SSSR count). The van der Waals surface area contributed by atoms with Crippen molar-refractivity contribution in [1.82, 2.24) is 4.98 Å². The summed E-state index contributed by atoms with van der Waals surface area (Å²) in [7, 11) is 1.26. The van der Waals surface area contributed by atoms with Gasteiger partial charge in [0, 0.05) is 25.1 Å². The van der Waals surface area contributed by atoms with Crippen LogP contribution in [0.15, 0.2) is 10.7 Å². The molecule has 0 spiro atoms. The summed E-state index contributed by atoms with van der Waals surface area (Å²) in [6, 6.07) is -0.150. The van der Waals surface area contributed by atoms with E-state index in [1.165, 1.54) is 13.3 Å². The SMILES string of the molecule is COC(=O)c1cnc(Cl)c(Br)c1NC1CCC(F)(F)CC1. The van der Waals surface area contributed by atoms with Gasteiger partial charge in [-0.15, -0.1) is 0 Å². The first-order valence-corrected chi connectivity index (χ1v) is 7.58. The van der Waals surface area contributed by atoms with E-state index in [1.807, 2.05) is 0 Å². The maximum atomic E-state index is 13.2. The lowest BCUT2D eigenvalue weighted by Crippen LogP contribution is -2.32. The zero-order valence-corrected chi connectivity index (χ0v) is 13.6. The number of alkyl halides is 2. The molecule has 0 atom stereocenters. The highest BCUT2D eigenvalue weighted by atomic mass is 79.9. The van der Waals surface area contributed by atoms with Crippen LogP contribution >= 0.6 is 27.5 Å². The smallest absolute Gasteiger partial charge is 0.341 e. The van der Waals surface area contributed by atoms with E-state index in [4.69, 9.17) is 16.3 Å². The van der Waals surface area contributed by atoms with Gasteiger partial charge in [0.25, 0.3) is 0 Å². The average molecular weight is 384 g/mol. The molecule has 1 N–H and O–H groups in total. The van der Waals surface area contributed by atoms with Crippen LogP contribution in [-0.2, 0) is 4.74 Å².